The zero-order valence-electron chi connectivity index (χ0n) is 16.2. The predicted molar refractivity (Wildman–Crippen MR) is 102 cm³/mol. The van der Waals surface area contributed by atoms with E-state index in [2.05, 4.69) is 35.2 Å². The number of amides is 1. The van der Waals surface area contributed by atoms with Gasteiger partial charge in [0, 0.05) is 32.7 Å². The Balaban J connectivity index is 1.73. The van der Waals surface area contributed by atoms with Crippen molar-refractivity contribution in [1.82, 2.24) is 15.1 Å². The third-order valence-electron chi connectivity index (χ3n) is 5.03. The fourth-order valence-corrected chi connectivity index (χ4v) is 3.03. The van der Waals surface area contributed by atoms with Crippen molar-refractivity contribution in [2.45, 2.75) is 39.7 Å². The van der Waals surface area contributed by atoms with E-state index >= 15 is 0 Å². The van der Waals surface area contributed by atoms with E-state index in [1.54, 1.807) is 0 Å². The minimum absolute atomic E-state index is 0.0122. The van der Waals surface area contributed by atoms with Crippen LogP contribution in [0.15, 0.2) is 18.2 Å². The molecule has 0 aliphatic carbocycles. The van der Waals surface area contributed by atoms with Crippen LogP contribution in [0.25, 0.3) is 0 Å². The Bertz CT molecular complexity index is 554. The number of likely N-dealkylation sites (N-methyl/N-ethyl adjacent to an activating group) is 1. The van der Waals surface area contributed by atoms with Crippen LogP contribution in [0.2, 0.25) is 0 Å². The van der Waals surface area contributed by atoms with Gasteiger partial charge in [-0.05, 0) is 57.5 Å². The quantitative estimate of drug-likeness (QED) is 0.733. The fraction of sp³-hybridized carbons (Fsp3) is 0.650. The molecule has 0 bridgehead atoms. The van der Waals surface area contributed by atoms with Gasteiger partial charge in [-0.25, -0.2) is 0 Å². The van der Waals surface area contributed by atoms with Crippen LogP contribution in [0.1, 0.15) is 30.9 Å². The van der Waals surface area contributed by atoms with Crippen LogP contribution in [-0.4, -0.2) is 68.1 Å². The van der Waals surface area contributed by atoms with Crippen LogP contribution in [0.3, 0.4) is 0 Å². The van der Waals surface area contributed by atoms with E-state index in [-0.39, 0.29) is 5.91 Å². The number of benzene rings is 1. The lowest BCUT2D eigenvalue weighted by atomic mass is 10.1. The molecular formula is C20H33N3O2. The van der Waals surface area contributed by atoms with Crippen molar-refractivity contribution >= 4 is 5.91 Å². The highest BCUT2D eigenvalue weighted by Crippen LogP contribution is 2.22. The van der Waals surface area contributed by atoms with Gasteiger partial charge in [-0.1, -0.05) is 19.1 Å². The Morgan fingerprint density at radius 1 is 1.24 bits per heavy atom. The summed E-state index contributed by atoms with van der Waals surface area (Å²) in [6.07, 6.45) is 1.22. The molecule has 5 heteroatoms. The van der Waals surface area contributed by atoms with Gasteiger partial charge in [0.05, 0.1) is 0 Å². The summed E-state index contributed by atoms with van der Waals surface area (Å²) in [5.41, 5.74) is 2.28. The van der Waals surface area contributed by atoms with E-state index in [1.165, 1.54) is 5.56 Å². The van der Waals surface area contributed by atoms with Crippen molar-refractivity contribution in [2.24, 2.45) is 0 Å². The molecule has 1 aliphatic heterocycles. The lowest BCUT2D eigenvalue weighted by Crippen LogP contribution is -2.45. The second kappa shape index (κ2) is 9.78. The highest BCUT2D eigenvalue weighted by molar-refractivity contribution is 5.81. The molecule has 1 aliphatic rings. The molecule has 2 rings (SSSR count). The lowest BCUT2D eigenvalue weighted by Gasteiger charge is -2.32. The summed E-state index contributed by atoms with van der Waals surface area (Å²) in [6, 6.07) is 5.96. The molecule has 0 unspecified atom stereocenters. The molecule has 5 nitrogen and oxygen atoms in total. The molecule has 0 aromatic heterocycles. The highest BCUT2D eigenvalue weighted by Gasteiger charge is 2.19. The summed E-state index contributed by atoms with van der Waals surface area (Å²) in [6.45, 7) is 12.3. The summed E-state index contributed by atoms with van der Waals surface area (Å²) in [7, 11) is 2.17. The molecule has 140 valence electrons. The molecule has 1 atom stereocenters. The lowest BCUT2D eigenvalue weighted by molar-refractivity contribution is -0.128. The maximum absolute atomic E-state index is 12.4. The van der Waals surface area contributed by atoms with Gasteiger partial charge in [0.2, 0.25) is 0 Å². The first-order valence-corrected chi connectivity index (χ1v) is 9.42. The van der Waals surface area contributed by atoms with E-state index < -0.39 is 6.10 Å². The molecule has 0 saturated carbocycles. The number of carbonyl (C=O) groups is 1. The number of aryl methyl sites for hydroxylation is 1. The Kier molecular flexibility index (Phi) is 7.72. The molecule has 1 saturated heterocycles. The number of nitrogens with zero attached hydrogens (tertiary/aromatic N) is 2. The molecule has 1 fully saturated rings. The molecule has 0 radical (unpaired) electrons. The van der Waals surface area contributed by atoms with Crippen molar-refractivity contribution in [3.05, 3.63) is 29.3 Å². The largest absolute Gasteiger partial charge is 0.480 e. The van der Waals surface area contributed by atoms with Crippen LogP contribution in [0, 0.1) is 13.8 Å². The molecular weight excluding hydrogens is 314 g/mol. The minimum atomic E-state index is -0.427. The molecule has 25 heavy (non-hydrogen) atoms. The average Bonchev–Trinajstić information content (AvgIpc) is 2.61. The van der Waals surface area contributed by atoms with Crippen LogP contribution in [0.4, 0.5) is 0 Å². The van der Waals surface area contributed by atoms with Crippen LogP contribution in [-0.2, 0) is 4.79 Å². The highest BCUT2D eigenvalue weighted by atomic mass is 16.5. The van der Waals surface area contributed by atoms with Crippen molar-refractivity contribution in [3.8, 4) is 5.75 Å². The average molecular weight is 348 g/mol. The van der Waals surface area contributed by atoms with E-state index in [4.69, 9.17) is 4.74 Å². The van der Waals surface area contributed by atoms with E-state index in [9.17, 15) is 4.79 Å². The smallest absolute Gasteiger partial charge is 0.261 e. The number of nitrogens with one attached hydrogen (secondary N) is 1. The maximum atomic E-state index is 12.4. The van der Waals surface area contributed by atoms with Gasteiger partial charge in [-0.2, -0.15) is 0 Å². The molecule has 1 aromatic carbocycles. The van der Waals surface area contributed by atoms with Crippen LogP contribution in [0.5, 0.6) is 5.75 Å². The number of carbonyl (C=O) groups excluding carboxylic acids is 1. The number of hydrogen-bond acceptors (Lipinski definition) is 4. The summed E-state index contributed by atoms with van der Waals surface area (Å²) >= 11 is 0. The van der Waals surface area contributed by atoms with Gasteiger partial charge in [0.15, 0.2) is 6.10 Å². The summed E-state index contributed by atoms with van der Waals surface area (Å²) in [5.74, 6) is 0.793. The Labute approximate surface area is 152 Å². The Morgan fingerprint density at radius 2 is 1.96 bits per heavy atom. The van der Waals surface area contributed by atoms with Crippen LogP contribution >= 0.6 is 0 Å². The van der Waals surface area contributed by atoms with Gasteiger partial charge >= 0.3 is 0 Å². The first kappa shape index (κ1) is 19.7. The third kappa shape index (κ3) is 6.01. The summed E-state index contributed by atoms with van der Waals surface area (Å²) in [4.78, 5) is 17.2. The minimum Gasteiger partial charge on any atom is -0.480 e. The standard InChI is InChI=1S/C20H33N3O2/c1-5-18(25-19-9-6-8-16(2)17(19)3)20(24)21-10-7-11-23-14-12-22(4)13-15-23/h6,8-9,18H,5,7,10-15H2,1-4H3,(H,21,24)/t18-/m0/s1. The van der Waals surface area contributed by atoms with Gasteiger partial charge in [0.1, 0.15) is 5.75 Å². The molecule has 1 heterocycles. The fourth-order valence-electron chi connectivity index (χ4n) is 3.03. The molecule has 0 spiro atoms. The van der Waals surface area contributed by atoms with Crippen molar-refractivity contribution in [1.29, 1.82) is 0 Å². The van der Waals surface area contributed by atoms with Gasteiger partial charge in [-0.15, -0.1) is 0 Å². The number of ether oxygens (including phenoxy) is 1. The van der Waals surface area contributed by atoms with Gasteiger partial charge < -0.3 is 19.9 Å². The van der Waals surface area contributed by atoms with Gasteiger partial charge in [-0.3, -0.25) is 4.79 Å². The van der Waals surface area contributed by atoms with Crippen molar-refractivity contribution in [3.63, 3.8) is 0 Å². The first-order chi connectivity index (χ1) is 12.0. The molecule has 1 amide bonds. The number of rotatable bonds is 8. The van der Waals surface area contributed by atoms with E-state index in [0.29, 0.717) is 13.0 Å². The first-order valence-electron chi connectivity index (χ1n) is 9.42. The Hall–Kier alpha value is -1.59. The molecule has 1 aromatic rings. The second-order valence-electron chi connectivity index (χ2n) is 7.00. The zero-order chi connectivity index (χ0) is 18.2. The number of piperazine rings is 1. The number of hydrogen-bond donors (Lipinski definition) is 1. The second-order valence-corrected chi connectivity index (χ2v) is 7.00. The normalized spacial score (nSPS) is 17.3. The monoisotopic (exact) mass is 347 g/mol. The van der Waals surface area contributed by atoms with Gasteiger partial charge in [0.25, 0.3) is 5.91 Å². The Morgan fingerprint density at radius 3 is 2.64 bits per heavy atom. The predicted octanol–water partition coefficient (Wildman–Crippen LogP) is 2.21. The molecule has 1 N–H and O–H groups in total. The topological polar surface area (TPSA) is 44.8 Å². The summed E-state index contributed by atoms with van der Waals surface area (Å²) in [5, 5.41) is 3.04. The van der Waals surface area contributed by atoms with Crippen molar-refractivity contribution < 1.29 is 9.53 Å². The van der Waals surface area contributed by atoms with E-state index in [0.717, 1.165) is 50.5 Å². The van der Waals surface area contributed by atoms with Crippen LogP contribution < -0.4 is 10.1 Å². The zero-order valence-corrected chi connectivity index (χ0v) is 16.2. The summed E-state index contributed by atoms with van der Waals surface area (Å²) < 4.78 is 5.97. The van der Waals surface area contributed by atoms with Crippen molar-refractivity contribution in [2.75, 3.05) is 46.3 Å². The SMILES string of the molecule is CC[C@H](Oc1cccc(C)c1C)C(=O)NCCCN1CCN(C)CC1. The maximum Gasteiger partial charge on any atom is 0.261 e. The third-order valence-corrected chi connectivity index (χ3v) is 5.03. The van der Waals surface area contributed by atoms with E-state index in [1.807, 2.05) is 26.0 Å².